The summed E-state index contributed by atoms with van der Waals surface area (Å²) in [6, 6.07) is 95.2. The van der Waals surface area contributed by atoms with Gasteiger partial charge in [0.25, 0.3) is 0 Å². The minimum atomic E-state index is -0.563. The van der Waals surface area contributed by atoms with Gasteiger partial charge in [-0.1, -0.05) is 255 Å². The Hall–Kier alpha value is -9.60. The molecule has 10 aromatic carbocycles. The first kappa shape index (κ1) is 59.4. The number of nitrogens with zero attached hydrogens (tertiary/aromatic N) is 4. The highest BCUT2D eigenvalue weighted by Gasteiger charge is 2.43. The second kappa shape index (κ2) is 27.8. The maximum Gasteiger partial charge on any atom is 0.123 e. The van der Waals surface area contributed by atoms with Crippen LogP contribution < -0.4 is 0 Å². The molecule has 2 aromatic heterocycles. The lowest BCUT2D eigenvalue weighted by Gasteiger charge is -2.39. The summed E-state index contributed by atoms with van der Waals surface area (Å²) in [6.45, 7) is 2.50. The quantitative estimate of drug-likeness (QED) is 0.0714. The lowest BCUT2D eigenvalue weighted by Crippen LogP contribution is -2.39. The zero-order valence-corrected chi connectivity index (χ0v) is 50.7. The molecule has 8 heteroatoms. The lowest BCUT2D eigenvalue weighted by atomic mass is 9.76. The Balaban J connectivity index is 0.000000165. The number of rotatable bonds is 20. The van der Waals surface area contributed by atoms with Crippen molar-refractivity contribution in [2.24, 2.45) is 11.8 Å². The number of benzene rings is 10. The van der Waals surface area contributed by atoms with Crippen LogP contribution in [0.4, 0.5) is 8.78 Å². The first-order chi connectivity index (χ1) is 44.4. The summed E-state index contributed by atoms with van der Waals surface area (Å²) in [4.78, 5) is 10.1. The Morgan fingerprint density at radius 2 is 0.667 bits per heavy atom. The molecule has 14 rings (SSSR count). The molecule has 2 atom stereocenters. The van der Waals surface area contributed by atoms with Gasteiger partial charge in [-0.05, 0) is 154 Å². The molecule has 0 fully saturated rings. The van der Waals surface area contributed by atoms with Crippen molar-refractivity contribution >= 4 is 0 Å². The molecule has 2 heterocycles. The van der Waals surface area contributed by atoms with Crippen molar-refractivity contribution in [3.63, 3.8) is 0 Å². The van der Waals surface area contributed by atoms with Gasteiger partial charge in [0, 0.05) is 11.4 Å². The zero-order valence-electron chi connectivity index (χ0n) is 50.7. The third kappa shape index (κ3) is 12.7. The van der Waals surface area contributed by atoms with E-state index in [0.717, 1.165) is 62.5 Å². The largest absolute Gasteiger partial charge is 0.376 e. The fourth-order valence-corrected chi connectivity index (χ4v) is 13.9. The van der Waals surface area contributed by atoms with E-state index in [1.165, 1.54) is 103 Å². The second-order valence-electron chi connectivity index (χ2n) is 24.0. The molecule has 2 aliphatic carbocycles. The molecule has 0 aliphatic heterocycles. The number of imidazole rings is 2. The van der Waals surface area contributed by atoms with Crippen molar-refractivity contribution in [1.82, 2.24) is 19.1 Å². The smallest absolute Gasteiger partial charge is 0.123 e. The highest BCUT2D eigenvalue weighted by atomic mass is 19.1. The van der Waals surface area contributed by atoms with Crippen LogP contribution in [0.2, 0.25) is 0 Å². The molecule has 0 bridgehead atoms. The molecular formula is C82H74F2N4O2. The average molecular weight is 1190 g/mol. The van der Waals surface area contributed by atoms with Crippen molar-refractivity contribution in [3.8, 4) is 0 Å². The first-order valence-electron chi connectivity index (χ1n) is 31.7. The molecule has 2 aliphatic rings. The second-order valence-corrected chi connectivity index (χ2v) is 24.0. The standard InChI is InChI=1S/2C41H37FN2O/c42-38-23-20-31(21-24-38)26-33-12-10-11-13-34(33)29-45-28-32-22-25-40-39(27-32)43-30-44(40)41(35-14-4-1-5-15-35,36-16-6-2-7-17-36)37-18-8-3-9-19-37;42-38-23-20-31(21-24-38)26-33-12-10-11-13-34(33)29-45-28-32-22-25-39-40(27-32)44(30-43-39)41(35-14-4-1-5-15-35,36-16-6-2-7-17-36)37-18-8-3-9-19-37/h2*1-21,23-24,30,32H,22,25-29H2. The molecule has 0 N–H and O–H groups in total. The van der Waals surface area contributed by atoms with Gasteiger partial charge in [-0.25, -0.2) is 18.7 Å². The third-order valence-electron chi connectivity index (χ3n) is 18.4. The zero-order chi connectivity index (χ0) is 61.0. The highest BCUT2D eigenvalue weighted by Crippen LogP contribution is 2.45. The first-order valence-corrected chi connectivity index (χ1v) is 31.7. The molecular weight excluding hydrogens is 1110 g/mol. The minimum absolute atomic E-state index is 0.207. The van der Waals surface area contributed by atoms with Crippen LogP contribution in [0.15, 0.2) is 292 Å². The maximum atomic E-state index is 13.4. The van der Waals surface area contributed by atoms with E-state index in [9.17, 15) is 8.78 Å². The van der Waals surface area contributed by atoms with Crippen molar-refractivity contribution < 1.29 is 18.3 Å². The number of aromatic nitrogens is 4. The van der Waals surface area contributed by atoms with E-state index in [-0.39, 0.29) is 11.6 Å². The van der Waals surface area contributed by atoms with Crippen LogP contribution in [0.1, 0.15) is 102 Å². The van der Waals surface area contributed by atoms with Gasteiger partial charge in [0.15, 0.2) is 0 Å². The summed E-state index contributed by atoms with van der Waals surface area (Å²) in [5, 5.41) is 0. The van der Waals surface area contributed by atoms with Crippen molar-refractivity contribution in [2.75, 3.05) is 13.2 Å². The molecule has 0 saturated carbocycles. The average Bonchev–Trinajstić information content (AvgIpc) is 1.37. The van der Waals surface area contributed by atoms with E-state index in [2.05, 4.69) is 252 Å². The predicted octanol–water partition coefficient (Wildman–Crippen LogP) is 17.5. The summed E-state index contributed by atoms with van der Waals surface area (Å²) in [7, 11) is 0. The molecule has 0 amide bonds. The van der Waals surface area contributed by atoms with Crippen molar-refractivity contribution in [3.05, 3.63) is 393 Å². The molecule has 0 saturated heterocycles. The molecule has 0 radical (unpaired) electrons. The minimum Gasteiger partial charge on any atom is -0.376 e. The number of fused-ring (bicyclic) bond motifs is 2. The van der Waals surface area contributed by atoms with E-state index in [0.29, 0.717) is 38.3 Å². The van der Waals surface area contributed by atoms with Crippen LogP contribution >= 0.6 is 0 Å². The Morgan fingerprint density at radius 1 is 0.344 bits per heavy atom. The number of halogens is 2. The number of ether oxygens (including phenoxy) is 2. The van der Waals surface area contributed by atoms with Crippen LogP contribution in [0.3, 0.4) is 0 Å². The third-order valence-corrected chi connectivity index (χ3v) is 18.4. The molecule has 0 spiro atoms. The topological polar surface area (TPSA) is 54.1 Å². The van der Waals surface area contributed by atoms with E-state index in [4.69, 9.17) is 19.4 Å². The molecule has 90 heavy (non-hydrogen) atoms. The highest BCUT2D eigenvalue weighted by molar-refractivity contribution is 5.54. The Morgan fingerprint density at radius 3 is 1.06 bits per heavy atom. The van der Waals surface area contributed by atoms with Crippen LogP contribution in [-0.4, -0.2) is 32.3 Å². The Bertz CT molecular complexity index is 4020. The molecule has 2 unspecified atom stereocenters. The summed E-state index contributed by atoms with van der Waals surface area (Å²) in [5.74, 6) is 0.379. The lowest BCUT2D eigenvalue weighted by molar-refractivity contribution is 0.0809. The van der Waals surface area contributed by atoms with Gasteiger partial charge in [-0.3, -0.25) is 0 Å². The van der Waals surface area contributed by atoms with Gasteiger partial charge < -0.3 is 18.6 Å². The van der Waals surface area contributed by atoms with E-state index >= 15 is 0 Å². The normalized spacial score (nSPS) is 14.6. The monoisotopic (exact) mass is 1180 g/mol. The van der Waals surface area contributed by atoms with Gasteiger partial charge in [-0.15, -0.1) is 0 Å². The number of hydrogen-bond acceptors (Lipinski definition) is 4. The van der Waals surface area contributed by atoms with Gasteiger partial charge in [-0.2, -0.15) is 0 Å². The van der Waals surface area contributed by atoms with E-state index < -0.39 is 11.1 Å². The molecule has 12 aromatic rings. The number of aryl methyl sites for hydroxylation is 1. The van der Waals surface area contributed by atoms with Gasteiger partial charge in [0.2, 0.25) is 0 Å². The van der Waals surface area contributed by atoms with Crippen molar-refractivity contribution in [1.29, 1.82) is 0 Å². The molecule has 6 nitrogen and oxygen atoms in total. The van der Waals surface area contributed by atoms with Crippen molar-refractivity contribution in [2.45, 2.75) is 75.7 Å². The van der Waals surface area contributed by atoms with Crippen LogP contribution in [0.25, 0.3) is 0 Å². The SMILES string of the molecule is Fc1ccc(Cc2ccccc2COCC2CCc3c(ncn3C(c3ccccc3)(c3ccccc3)c3ccccc3)C2)cc1.Fc1ccc(Cc2ccccc2COCC2CCc3ncn(C(c4ccccc4)(c4ccccc4)c4ccccc4)c3C2)cc1. The summed E-state index contributed by atoms with van der Waals surface area (Å²) in [5.41, 5.74) is 18.1. The van der Waals surface area contributed by atoms with Crippen LogP contribution in [0.5, 0.6) is 0 Å². The summed E-state index contributed by atoms with van der Waals surface area (Å²) < 4.78 is 44.5. The molecule has 448 valence electrons. The van der Waals surface area contributed by atoms with E-state index in [1.807, 2.05) is 24.3 Å². The van der Waals surface area contributed by atoms with Crippen LogP contribution in [-0.2, 0) is 72.3 Å². The fraction of sp³-hybridized carbons (Fsp3) is 0.195. The van der Waals surface area contributed by atoms with E-state index in [1.54, 1.807) is 0 Å². The maximum absolute atomic E-state index is 13.4. The fourth-order valence-electron chi connectivity index (χ4n) is 13.9. The summed E-state index contributed by atoms with van der Waals surface area (Å²) in [6.07, 6.45) is 11.4. The van der Waals surface area contributed by atoms with Gasteiger partial charge >= 0.3 is 0 Å². The summed E-state index contributed by atoms with van der Waals surface area (Å²) >= 11 is 0. The Kier molecular flexibility index (Phi) is 18.4. The van der Waals surface area contributed by atoms with Crippen LogP contribution in [0, 0.1) is 23.5 Å². The van der Waals surface area contributed by atoms with Gasteiger partial charge in [0.1, 0.15) is 22.7 Å². The predicted molar refractivity (Wildman–Crippen MR) is 355 cm³/mol. The number of hydrogen-bond donors (Lipinski definition) is 0. The Labute approximate surface area is 528 Å². The van der Waals surface area contributed by atoms with Gasteiger partial charge in [0.05, 0.1) is 50.5 Å².